The minimum absolute atomic E-state index is 0.688. The summed E-state index contributed by atoms with van der Waals surface area (Å²) < 4.78 is 10.5. The van der Waals surface area contributed by atoms with Crippen LogP contribution in [0.25, 0.3) is 0 Å². The van der Waals surface area contributed by atoms with Gasteiger partial charge in [0.25, 0.3) is 0 Å². The summed E-state index contributed by atoms with van der Waals surface area (Å²) >= 11 is 0. The molecule has 0 amide bonds. The Bertz CT molecular complexity index is 318. The molecule has 0 saturated carbocycles. The lowest BCUT2D eigenvalue weighted by molar-refractivity contribution is 0.194. The van der Waals surface area contributed by atoms with Gasteiger partial charge in [-0.05, 0) is 32.0 Å². The molecule has 0 saturated heterocycles. The summed E-state index contributed by atoms with van der Waals surface area (Å²) in [5.74, 6) is 0.916. The predicted octanol–water partition coefficient (Wildman–Crippen LogP) is 2.12. The molecule has 0 radical (unpaired) electrons. The second-order valence-electron chi connectivity index (χ2n) is 3.95. The molecule has 0 aliphatic rings. The molecule has 0 fully saturated rings. The Morgan fingerprint density at radius 2 is 1.94 bits per heavy atom. The van der Waals surface area contributed by atoms with Gasteiger partial charge < -0.3 is 20.1 Å². The second-order valence-corrected chi connectivity index (χ2v) is 3.95. The van der Waals surface area contributed by atoms with Crippen LogP contribution in [0.1, 0.15) is 13.3 Å². The normalized spacial score (nSPS) is 10.3. The molecule has 102 valence electrons. The maximum absolute atomic E-state index is 5.55. The van der Waals surface area contributed by atoms with Crippen molar-refractivity contribution >= 4 is 5.69 Å². The Hall–Kier alpha value is -1.26. The van der Waals surface area contributed by atoms with Crippen molar-refractivity contribution in [3.05, 3.63) is 24.3 Å². The predicted molar refractivity (Wildman–Crippen MR) is 75.5 cm³/mol. The molecule has 0 aromatic heterocycles. The monoisotopic (exact) mass is 252 g/mol. The number of methoxy groups -OCH3 is 1. The highest BCUT2D eigenvalue weighted by Gasteiger charge is 2.00. The molecule has 0 unspecified atom stereocenters. The zero-order valence-electron chi connectivity index (χ0n) is 11.4. The topological polar surface area (TPSA) is 42.5 Å². The number of ether oxygens (including phenoxy) is 2. The fourth-order valence-corrected chi connectivity index (χ4v) is 1.65. The van der Waals surface area contributed by atoms with Crippen molar-refractivity contribution in [2.75, 3.05) is 45.3 Å². The van der Waals surface area contributed by atoms with Gasteiger partial charge in [-0.25, -0.2) is 0 Å². The lowest BCUT2D eigenvalue weighted by Gasteiger charge is -2.12. The molecule has 0 aliphatic carbocycles. The minimum atomic E-state index is 0.688. The van der Waals surface area contributed by atoms with Crippen LogP contribution in [0, 0.1) is 0 Å². The number of hydrogen-bond acceptors (Lipinski definition) is 4. The van der Waals surface area contributed by atoms with Crippen molar-refractivity contribution in [2.24, 2.45) is 0 Å². The van der Waals surface area contributed by atoms with Gasteiger partial charge in [-0.2, -0.15) is 0 Å². The molecule has 0 aliphatic heterocycles. The Labute approximate surface area is 110 Å². The highest BCUT2D eigenvalue weighted by molar-refractivity contribution is 5.56. The van der Waals surface area contributed by atoms with Gasteiger partial charge >= 0.3 is 0 Å². The molecule has 2 N–H and O–H groups in total. The van der Waals surface area contributed by atoms with Crippen molar-refractivity contribution in [3.63, 3.8) is 0 Å². The summed E-state index contributed by atoms with van der Waals surface area (Å²) in [4.78, 5) is 0. The van der Waals surface area contributed by atoms with Crippen LogP contribution in [0.5, 0.6) is 5.75 Å². The zero-order valence-corrected chi connectivity index (χ0v) is 11.4. The van der Waals surface area contributed by atoms with Crippen LogP contribution in [0.15, 0.2) is 24.3 Å². The third-order valence-corrected chi connectivity index (χ3v) is 2.51. The molecule has 0 spiro atoms. The Kier molecular flexibility index (Phi) is 8.01. The third-order valence-electron chi connectivity index (χ3n) is 2.51. The van der Waals surface area contributed by atoms with Gasteiger partial charge in [-0.1, -0.05) is 12.1 Å². The van der Waals surface area contributed by atoms with Crippen molar-refractivity contribution in [1.29, 1.82) is 0 Å². The van der Waals surface area contributed by atoms with Gasteiger partial charge in [-0.15, -0.1) is 0 Å². The Balaban J connectivity index is 2.18. The standard InChI is InChI=1S/C14H24N2O2/c1-3-18-14-8-5-4-7-13(14)16-11-10-15-9-6-12-17-2/h4-5,7-8,15-16H,3,6,9-12H2,1-2H3. The van der Waals surface area contributed by atoms with E-state index in [9.17, 15) is 0 Å². The van der Waals surface area contributed by atoms with E-state index in [1.165, 1.54) is 0 Å². The summed E-state index contributed by atoms with van der Waals surface area (Å²) in [5, 5.41) is 6.73. The van der Waals surface area contributed by atoms with Crippen molar-refractivity contribution in [3.8, 4) is 5.75 Å². The van der Waals surface area contributed by atoms with Crippen molar-refractivity contribution in [1.82, 2.24) is 5.32 Å². The maximum atomic E-state index is 5.55. The zero-order chi connectivity index (χ0) is 13.1. The molecule has 18 heavy (non-hydrogen) atoms. The third kappa shape index (κ3) is 5.89. The smallest absolute Gasteiger partial charge is 0.142 e. The number of anilines is 1. The van der Waals surface area contributed by atoms with Crippen LogP contribution in [0.4, 0.5) is 5.69 Å². The quantitative estimate of drug-likeness (QED) is 0.626. The molecule has 0 atom stereocenters. The van der Waals surface area contributed by atoms with Crippen LogP contribution < -0.4 is 15.4 Å². The van der Waals surface area contributed by atoms with E-state index in [0.29, 0.717) is 6.61 Å². The van der Waals surface area contributed by atoms with Crippen LogP contribution in [-0.4, -0.2) is 40.0 Å². The molecular weight excluding hydrogens is 228 g/mol. The maximum Gasteiger partial charge on any atom is 0.142 e. The van der Waals surface area contributed by atoms with E-state index < -0.39 is 0 Å². The van der Waals surface area contributed by atoms with Gasteiger partial charge in [0, 0.05) is 26.8 Å². The summed E-state index contributed by atoms with van der Waals surface area (Å²) in [7, 11) is 1.73. The largest absolute Gasteiger partial charge is 0.492 e. The Morgan fingerprint density at radius 3 is 2.72 bits per heavy atom. The first-order valence-corrected chi connectivity index (χ1v) is 6.53. The lowest BCUT2D eigenvalue weighted by Crippen LogP contribution is -2.24. The van der Waals surface area contributed by atoms with E-state index >= 15 is 0 Å². The SMILES string of the molecule is CCOc1ccccc1NCCNCCCOC. The molecule has 0 heterocycles. The summed E-state index contributed by atoms with van der Waals surface area (Å²) in [6.45, 7) is 6.31. The van der Waals surface area contributed by atoms with Gasteiger partial charge in [-0.3, -0.25) is 0 Å². The van der Waals surface area contributed by atoms with E-state index in [0.717, 1.165) is 44.1 Å². The number of rotatable bonds is 10. The summed E-state index contributed by atoms with van der Waals surface area (Å²) in [5.41, 5.74) is 1.05. The van der Waals surface area contributed by atoms with Crippen LogP contribution in [0.2, 0.25) is 0 Å². The van der Waals surface area contributed by atoms with Gasteiger partial charge in [0.15, 0.2) is 0 Å². The average Bonchev–Trinajstić information content (AvgIpc) is 2.40. The number of nitrogens with one attached hydrogen (secondary N) is 2. The fraction of sp³-hybridized carbons (Fsp3) is 0.571. The molecule has 1 aromatic rings. The first kappa shape index (κ1) is 14.8. The molecule has 4 heteroatoms. The number of hydrogen-bond donors (Lipinski definition) is 2. The fourth-order valence-electron chi connectivity index (χ4n) is 1.65. The van der Waals surface area contributed by atoms with Gasteiger partial charge in [0.2, 0.25) is 0 Å². The van der Waals surface area contributed by atoms with Crippen LogP contribution in [-0.2, 0) is 4.74 Å². The summed E-state index contributed by atoms with van der Waals surface area (Å²) in [6.07, 6.45) is 1.05. The average molecular weight is 252 g/mol. The lowest BCUT2D eigenvalue weighted by atomic mass is 10.3. The van der Waals surface area contributed by atoms with Crippen LogP contribution >= 0.6 is 0 Å². The van der Waals surface area contributed by atoms with Crippen molar-refractivity contribution < 1.29 is 9.47 Å². The van der Waals surface area contributed by atoms with E-state index in [1.54, 1.807) is 7.11 Å². The summed E-state index contributed by atoms with van der Waals surface area (Å²) in [6, 6.07) is 8.02. The number of benzene rings is 1. The van der Waals surface area contributed by atoms with Gasteiger partial charge in [0.05, 0.1) is 12.3 Å². The molecule has 1 aromatic carbocycles. The first-order valence-electron chi connectivity index (χ1n) is 6.53. The molecule has 0 bridgehead atoms. The van der Waals surface area contributed by atoms with E-state index in [-0.39, 0.29) is 0 Å². The highest BCUT2D eigenvalue weighted by Crippen LogP contribution is 2.22. The van der Waals surface area contributed by atoms with E-state index in [2.05, 4.69) is 10.6 Å². The van der Waals surface area contributed by atoms with Crippen LogP contribution in [0.3, 0.4) is 0 Å². The Morgan fingerprint density at radius 1 is 1.11 bits per heavy atom. The minimum Gasteiger partial charge on any atom is -0.492 e. The number of para-hydroxylation sites is 2. The van der Waals surface area contributed by atoms with Crippen molar-refractivity contribution in [2.45, 2.75) is 13.3 Å². The highest BCUT2D eigenvalue weighted by atomic mass is 16.5. The molecular formula is C14H24N2O2. The van der Waals surface area contributed by atoms with E-state index in [4.69, 9.17) is 9.47 Å². The second kappa shape index (κ2) is 9.74. The molecule has 1 rings (SSSR count). The van der Waals surface area contributed by atoms with E-state index in [1.807, 2.05) is 31.2 Å². The first-order chi connectivity index (χ1) is 8.88. The molecule has 4 nitrogen and oxygen atoms in total. The van der Waals surface area contributed by atoms with Gasteiger partial charge in [0.1, 0.15) is 5.75 Å².